The predicted molar refractivity (Wildman–Crippen MR) is 100 cm³/mol. The van der Waals surface area contributed by atoms with Gasteiger partial charge in [-0.05, 0) is 49.4 Å². The fraction of sp³-hybridized carbons (Fsp3) is 0.250. The van der Waals surface area contributed by atoms with E-state index in [0.717, 1.165) is 5.75 Å². The van der Waals surface area contributed by atoms with Crippen LogP contribution in [-0.4, -0.2) is 25.0 Å². The van der Waals surface area contributed by atoms with Gasteiger partial charge in [0.25, 0.3) is 0 Å². The molecule has 0 heterocycles. The van der Waals surface area contributed by atoms with Gasteiger partial charge in [-0.2, -0.15) is 5.26 Å². The molecule has 0 saturated heterocycles. The average molecular weight is 351 g/mol. The van der Waals surface area contributed by atoms with Crippen molar-refractivity contribution in [2.45, 2.75) is 20.3 Å². The maximum Gasteiger partial charge on any atom is 0.226 e. The van der Waals surface area contributed by atoms with E-state index in [0.29, 0.717) is 23.5 Å². The Balaban J connectivity index is 1.96. The molecular formula is C20H21N3O3. The van der Waals surface area contributed by atoms with Crippen LogP contribution in [0, 0.1) is 11.3 Å². The van der Waals surface area contributed by atoms with Crippen LogP contribution in [0.3, 0.4) is 0 Å². The van der Waals surface area contributed by atoms with Gasteiger partial charge in [-0.1, -0.05) is 6.07 Å². The standard InChI is InChI=1S/C20H21N3O3/c1-3-26-19-9-7-17(8-10-19)22-20(25)11-12-23(15(2)24)18-6-4-5-16(13-18)14-21/h4-10,13H,3,11-12H2,1-2H3,(H,22,25). The molecule has 0 spiro atoms. The SMILES string of the molecule is CCOc1ccc(NC(=O)CCN(C(C)=O)c2cccc(C#N)c2)cc1. The summed E-state index contributed by atoms with van der Waals surface area (Å²) in [6.45, 7) is 4.15. The summed E-state index contributed by atoms with van der Waals surface area (Å²) < 4.78 is 5.36. The Morgan fingerprint density at radius 3 is 2.54 bits per heavy atom. The third-order valence-corrected chi connectivity index (χ3v) is 3.68. The molecule has 2 rings (SSSR count). The number of nitriles is 1. The third-order valence-electron chi connectivity index (χ3n) is 3.68. The molecule has 6 nitrogen and oxygen atoms in total. The molecule has 0 fully saturated rings. The van der Waals surface area contributed by atoms with E-state index in [4.69, 9.17) is 10.00 Å². The van der Waals surface area contributed by atoms with Gasteiger partial charge in [-0.15, -0.1) is 0 Å². The first kappa shape index (κ1) is 19.0. The molecule has 0 unspecified atom stereocenters. The van der Waals surface area contributed by atoms with Crippen LogP contribution < -0.4 is 15.0 Å². The second kappa shape index (κ2) is 9.23. The number of anilines is 2. The molecule has 0 aromatic heterocycles. The molecular weight excluding hydrogens is 330 g/mol. The van der Waals surface area contributed by atoms with Gasteiger partial charge in [0.1, 0.15) is 5.75 Å². The predicted octanol–water partition coefficient (Wildman–Crippen LogP) is 3.34. The van der Waals surface area contributed by atoms with E-state index in [1.165, 1.54) is 11.8 Å². The smallest absolute Gasteiger partial charge is 0.226 e. The lowest BCUT2D eigenvalue weighted by atomic mass is 10.2. The number of nitrogens with one attached hydrogen (secondary N) is 1. The molecule has 0 aliphatic carbocycles. The van der Waals surface area contributed by atoms with Crippen molar-refractivity contribution < 1.29 is 14.3 Å². The molecule has 0 radical (unpaired) electrons. The average Bonchev–Trinajstić information content (AvgIpc) is 2.63. The van der Waals surface area contributed by atoms with Crippen molar-refractivity contribution in [3.05, 3.63) is 54.1 Å². The van der Waals surface area contributed by atoms with Crippen LogP contribution in [0.25, 0.3) is 0 Å². The van der Waals surface area contributed by atoms with Crippen molar-refractivity contribution in [2.75, 3.05) is 23.4 Å². The van der Waals surface area contributed by atoms with Gasteiger partial charge in [-0.25, -0.2) is 0 Å². The minimum atomic E-state index is -0.197. The molecule has 26 heavy (non-hydrogen) atoms. The van der Waals surface area contributed by atoms with Crippen LogP contribution >= 0.6 is 0 Å². The number of carbonyl (C=O) groups is 2. The second-order valence-corrected chi connectivity index (χ2v) is 5.59. The first-order valence-electron chi connectivity index (χ1n) is 8.34. The highest BCUT2D eigenvalue weighted by Crippen LogP contribution is 2.18. The summed E-state index contributed by atoms with van der Waals surface area (Å²) in [5.74, 6) is 0.358. The van der Waals surface area contributed by atoms with Crippen LogP contribution in [0.5, 0.6) is 5.75 Å². The molecule has 2 aromatic carbocycles. The lowest BCUT2D eigenvalue weighted by Gasteiger charge is -2.21. The maximum atomic E-state index is 12.2. The number of carbonyl (C=O) groups excluding carboxylic acids is 2. The van der Waals surface area contributed by atoms with E-state index in [1.54, 1.807) is 48.5 Å². The number of hydrogen-bond acceptors (Lipinski definition) is 4. The molecule has 2 aromatic rings. The number of benzene rings is 2. The van der Waals surface area contributed by atoms with Crippen LogP contribution in [0.1, 0.15) is 25.8 Å². The first-order valence-corrected chi connectivity index (χ1v) is 8.34. The number of rotatable bonds is 7. The third kappa shape index (κ3) is 5.35. The normalized spacial score (nSPS) is 9.88. The van der Waals surface area contributed by atoms with Crippen molar-refractivity contribution in [1.29, 1.82) is 5.26 Å². The summed E-state index contributed by atoms with van der Waals surface area (Å²) in [6, 6.07) is 15.9. The Morgan fingerprint density at radius 1 is 1.19 bits per heavy atom. The topological polar surface area (TPSA) is 82.4 Å². The Morgan fingerprint density at radius 2 is 1.92 bits per heavy atom. The van der Waals surface area contributed by atoms with Crippen LogP contribution in [0.2, 0.25) is 0 Å². The molecule has 0 aliphatic heterocycles. The van der Waals surface area contributed by atoms with E-state index in [-0.39, 0.29) is 24.8 Å². The highest BCUT2D eigenvalue weighted by Gasteiger charge is 2.14. The summed E-state index contributed by atoms with van der Waals surface area (Å²) in [7, 11) is 0. The molecule has 0 saturated carbocycles. The van der Waals surface area contributed by atoms with E-state index in [1.807, 2.05) is 13.0 Å². The molecule has 0 aliphatic rings. The van der Waals surface area contributed by atoms with Crippen LogP contribution in [-0.2, 0) is 9.59 Å². The van der Waals surface area contributed by atoms with Crippen molar-refractivity contribution >= 4 is 23.2 Å². The van der Waals surface area contributed by atoms with Crippen molar-refractivity contribution in [1.82, 2.24) is 0 Å². The summed E-state index contributed by atoms with van der Waals surface area (Å²) in [6.07, 6.45) is 0.142. The largest absolute Gasteiger partial charge is 0.494 e. The summed E-state index contributed by atoms with van der Waals surface area (Å²) in [5.41, 5.74) is 1.73. The van der Waals surface area contributed by atoms with Gasteiger partial charge in [-0.3, -0.25) is 9.59 Å². The highest BCUT2D eigenvalue weighted by molar-refractivity contribution is 5.94. The summed E-state index contributed by atoms with van der Waals surface area (Å²) in [5, 5.41) is 11.8. The minimum Gasteiger partial charge on any atom is -0.494 e. The number of amides is 2. The van der Waals surface area contributed by atoms with Crippen LogP contribution in [0.15, 0.2) is 48.5 Å². The zero-order valence-electron chi connectivity index (χ0n) is 14.9. The molecule has 0 atom stereocenters. The number of nitrogens with zero attached hydrogens (tertiary/aromatic N) is 2. The van der Waals surface area contributed by atoms with Gasteiger partial charge < -0.3 is 15.0 Å². The lowest BCUT2D eigenvalue weighted by molar-refractivity contribution is -0.117. The zero-order valence-corrected chi connectivity index (χ0v) is 14.9. The Bertz CT molecular complexity index is 810. The van der Waals surface area contributed by atoms with E-state index in [2.05, 4.69) is 5.32 Å². The van der Waals surface area contributed by atoms with Crippen molar-refractivity contribution in [2.24, 2.45) is 0 Å². The quantitative estimate of drug-likeness (QED) is 0.829. The summed E-state index contributed by atoms with van der Waals surface area (Å²) >= 11 is 0. The van der Waals surface area contributed by atoms with Crippen molar-refractivity contribution in [3.8, 4) is 11.8 Å². The van der Waals surface area contributed by atoms with Gasteiger partial charge in [0.05, 0.1) is 18.2 Å². The van der Waals surface area contributed by atoms with E-state index >= 15 is 0 Å². The van der Waals surface area contributed by atoms with Gasteiger partial charge in [0, 0.05) is 31.3 Å². The molecule has 134 valence electrons. The van der Waals surface area contributed by atoms with Gasteiger partial charge in [0.15, 0.2) is 0 Å². The minimum absolute atomic E-state index is 0.142. The molecule has 1 N–H and O–H groups in total. The molecule has 0 bridgehead atoms. The number of ether oxygens (including phenoxy) is 1. The Kier molecular flexibility index (Phi) is 6.75. The van der Waals surface area contributed by atoms with Gasteiger partial charge in [0.2, 0.25) is 11.8 Å². The molecule has 2 amide bonds. The fourth-order valence-electron chi connectivity index (χ4n) is 2.45. The monoisotopic (exact) mass is 351 g/mol. The first-order chi connectivity index (χ1) is 12.5. The fourth-order valence-corrected chi connectivity index (χ4v) is 2.45. The Labute approximate surface area is 153 Å². The van der Waals surface area contributed by atoms with E-state index < -0.39 is 0 Å². The summed E-state index contributed by atoms with van der Waals surface area (Å²) in [4.78, 5) is 25.6. The lowest BCUT2D eigenvalue weighted by Crippen LogP contribution is -2.32. The highest BCUT2D eigenvalue weighted by atomic mass is 16.5. The zero-order chi connectivity index (χ0) is 18.9. The Hall–Kier alpha value is -3.33. The number of hydrogen-bond donors (Lipinski definition) is 1. The molecule has 6 heteroatoms. The van der Waals surface area contributed by atoms with E-state index in [9.17, 15) is 9.59 Å². The second-order valence-electron chi connectivity index (χ2n) is 5.59. The van der Waals surface area contributed by atoms with Crippen molar-refractivity contribution in [3.63, 3.8) is 0 Å². The maximum absolute atomic E-state index is 12.2. The van der Waals surface area contributed by atoms with Crippen LogP contribution in [0.4, 0.5) is 11.4 Å². The van der Waals surface area contributed by atoms with Gasteiger partial charge >= 0.3 is 0 Å².